The summed E-state index contributed by atoms with van der Waals surface area (Å²) in [5, 5.41) is 9.28. The van der Waals surface area contributed by atoms with Crippen LogP contribution >= 0.6 is 0 Å². The van der Waals surface area contributed by atoms with Gasteiger partial charge in [-0.1, -0.05) is 6.92 Å². The second kappa shape index (κ2) is 5.14. The lowest BCUT2D eigenvalue weighted by molar-refractivity contribution is 0.594. The Kier molecular flexibility index (Phi) is 3.72. The summed E-state index contributed by atoms with van der Waals surface area (Å²) in [4.78, 5) is 4.09. The summed E-state index contributed by atoms with van der Waals surface area (Å²) < 4.78 is 26.2. The van der Waals surface area contributed by atoms with Gasteiger partial charge in [-0.25, -0.2) is 18.5 Å². The maximum atomic E-state index is 11.3. The molecule has 0 aliphatic carbocycles. The van der Waals surface area contributed by atoms with Crippen LogP contribution in [-0.2, 0) is 30.0 Å². The molecule has 0 saturated heterocycles. The van der Waals surface area contributed by atoms with Crippen LogP contribution in [-0.4, -0.2) is 27.7 Å². The van der Waals surface area contributed by atoms with Crippen LogP contribution in [0, 0.1) is 0 Å². The molecule has 0 spiro atoms. The molecule has 2 N–H and O–H groups in total. The Morgan fingerprint density at radius 3 is 2.68 bits per heavy atom. The molecule has 2 heterocycles. The average molecular weight is 283 g/mol. The molecule has 8 heteroatoms. The van der Waals surface area contributed by atoms with Crippen LogP contribution in [0.2, 0.25) is 0 Å². The van der Waals surface area contributed by atoms with Crippen molar-refractivity contribution in [2.75, 3.05) is 0 Å². The Balaban J connectivity index is 2.35. The lowest BCUT2D eigenvalue weighted by atomic mass is 10.3. The molecule has 0 atom stereocenters. The van der Waals surface area contributed by atoms with Crippen LogP contribution in [0.1, 0.15) is 24.9 Å². The fourth-order valence-corrected chi connectivity index (χ4v) is 2.35. The number of nitrogens with zero attached hydrogens (tertiary/aromatic N) is 4. The van der Waals surface area contributed by atoms with Crippen LogP contribution in [0.25, 0.3) is 0 Å². The molecule has 0 fully saturated rings. The van der Waals surface area contributed by atoms with E-state index in [0.29, 0.717) is 18.8 Å². The van der Waals surface area contributed by atoms with Crippen molar-refractivity contribution >= 4 is 10.0 Å². The van der Waals surface area contributed by atoms with Crippen LogP contribution in [0.5, 0.6) is 0 Å². The molecular weight excluding hydrogens is 266 g/mol. The molecule has 0 aromatic carbocycles. The molecule has 104 valence electrons. The van der Waals surface area contributed by atoms with Gasteiger partial charge in [0.05, 0.1) is 12.2 Å². The monoisotopic (exact) mass is 283 g/mol. The molecule has 19 heavy (non-hydrogen) atoms. The molecule has 0 aliphatic heterocycles. The summed E-state index contributed by atoms with van der Waals surface area (Å²) in [5.41, 5.74) is 0.846. The first-order valence-electron chi connectivity index (χ1n) is 5.97. The third-order valence-electron chi connectivity index (χ3n) is 2.70. The van der Waals surface area contributed by atoms with Crippen molar-refractivity contribution in [3.05, 3.63) is 30.0 Å². The maximum Gasteiger partial charge on any atom is 0.257 e. The van der Waals surface area contributed by atoms with Crippen molar-refractivity contribution in [2.24, 2.45) is 12.2 Å². The van der Waals surface area contributed by atoms with Gasteiger partial charge >= 0.3 is 0 Å². The number of aromatic nitrogens is 4. The van der Waals surface area contributed by atoms with Gasteiger partial charge in [0.1, 0.15) is 5.82 Å². The van der Waals surface area contributed by atoms with Crippen molar-refractivity contribution in [3.63, 3.8) is 0 Å². The van der Waals surface area contributed by atoms with Crippen molar-refractivity contribution in [1.29, 1.82) is 0 Å². The third kappa shape index (κ3) is 3.21. The second-order valence-electron chi connectivity index (χ2n) is 4.40. The molecule has 0 aliphatic rings. The molecule has 0 radical (unpaired) electrons. The van der Waals surface area contributed by atoms with Crippen molar-refractivity contribution < 1.29 is 8.42 Å². The van der Waals surface area contributed by atoms with E-state index in [1.807, 2.05) is 26.2 Å². The fraction of sp³-hybridized carbons (Fsp3) is 0.455. The van der Waals surface area contributed by atoms with Crippen molar-refractivity contribution in [3.8, 4) is 0 Å². The standard InChI is InChI=1S/C11H17N5O2S/c1-3-4-10-13-11(19(12,17)18)8-16(10)7-9-5-6-15(2)14-9/h5-6,8H,3-4,7H2,1-2H3,(H2,12,17,18). The van der Waals surface area contributed by atoms with Crippen LogP contribution in [0.15, 0.2) is 23.5 Å². The van der Waals surface area contributed by atoms with E-state index in [1.54, 1.807) is 9.25 Å². The lowest BCUT2D eigenvalue weighted by Crippen LogP contribution is -2.12. The highest BCUT2D eigenvalue weighted by Crippen LogP contribution is 2.12. The first kappa shape index (κ1) is 13.8. The molecule has 2 aromatic rings. The molecule has 0 saturated carbocycles. The topological polar surface area (TPSA) is 95.8 Å². The molecule has 2 aromatic heterocycles. The Morgan fingerprint density at radius 2 is 2.16 bits per heavy atom. The van der Waals surface area contributed by atoms with Gasteiger partial charge in [0.15, 0.2) is 5.03 Å². The molecule has 2 rings (SSSR count). The minimum atomic E-state index is -3.77. The molecule has 0 amide bonds. The van der Waals surface area contributed by atoms with E-state index in [2.05, 4.69) is 10.1 Å². The average Bonchev–Trinajstić information content (AvgIpc) is 2.87. The normalized spacial score (nSPS) is 11.9. The lowest BCUT2D eigenvalue weighted by Gasteiger charge is -2.04. The number of rotatable bonds is 5. The van der Waals surface area contributed by atoms with E-state index in [4.69, 9.17) is 5.14 Å². The van der Waals surface area contributed by atoms with Gasteiger partial charge in [0.2, 0.25) is 0 Å². The maximum absolute atomic E-state index is 11.3. The number of hydrogen-bond donors (Lipinski definition) is 1. The number of primary sulfonamides is 1. The largest absolute Gasteiger partial charge is 0.327 e. The zero-order valence-electron chi connectivity index (χ0n) is 10.9. The van der Waals surface area contributed by atoms with Gasteiger partial charge in [-0.2, -0.15) is 5.10 Å². The van der Waals surface area contributed by atoms with Gasteiger partial charge in [0.25, 0.3) is 10.0 Å². The van der Waals surface area contributed by atoms with Gasteiger partial charge < -0.3 is 4.57 Å². The third-order valence-corrected chi connectivity index (χ3v) is 3.48. The summed E-state index contributed by atoms with van der Waals surface area (Å²) in [6, 6.07) is 1.88. The predicted octanol–water partition coefficient (Wildman–Crippen LogP) is 0.265. The van der Waals surface area contributed by atoms with E-state index < -0.39 is 10.0 Å². The van der Waals surface area contributed by atoms with Crippen molar-refractivity contribution in [1.82, 2.24) is 19.3 Å². The van der Waals surface area contributed by atoms with E-state index in [0.717, 1.165) is 12.1 Å². The summed E-state index contributed by atoms with van der Waals surface area (Å²) in [7, 11) is -1.93. The van der Waals surface area contributed by atoms with Gasteiger partial charge in [-0.15, -0.1) is 0 Å². The van der Waals surface area contributed by atoms with Crippen LogP contribution < -0.4 is 5.14 Å². The second-order valence-corrected chi connectivity index (χ2v) is 5.91. The Bertz CT molecular complexity index is 671. The van der Waals surface area contributed by atoms with Crippen LogP contribution in [0.4, 0.5) is 0 Å². The van der Waals surface area contributed by atoms with E-state index in [-0.39, 0.29) is 5.03 Å². The molecule has 0 bridgehead atoms. The highest BCUT2D eigenvalue weighted by Gasteiger charge is 2.16. The minimum Gasteiger partial charge on any atom is -0.327 e. The van der Waals surface area contributed by atoms with Gasteiger partial charge in [0, 0.05) is 25.9 Å². The summed E-state index contributed by atoms with van der Waals surface area (Å²) in [6.45, 7) is 2.50. The number of imidazole rings is 1. The minimum absolute atomic E-state index is 0.0909. The van der Waals surface area contributed by atoms with Gasteiger partial charge in [-0.05, 0) is 12.5 Å². The highest BCUT2D eigenvalue weighted by atomic mass is 32.2. The Morgan fingerprint density at radius 1 is 1.42 bits per heavy atom. The highest BCUT2D eigenvalue weighted by molar-refractivity contribution is 7.89. The number of sulfonamides is 1. The summed E-state index contributed by atoms with van der Waals surface area (Å²) in [6.07, 6.45) is 4.88. The van der Waals surface area contributed by atoms with E-state index in [1.165, 1.54) is 6.20 Å². The van der Waals surface area contributed by atoms with Crippen molar-refractivity contribution in [2.45, 2.75) is 31.3 Å². The first-order chi connectivity index (χ1) is 8.90. The zero-order chi connectivity index (χ0) is 14.0. The Hall–Kier alpha value is -1.67. The van der Waals surface area contributed by atoms with E-state index in [9.17, 15) is 8.42 Å². The number of aryl methyl sites for hydroxylation is 2. The number of hydrogen-bond acceptors (Lipinski definition) is 4. The zero-order valence-corrected chi connectivity index (χ0v) is 11.8. The first-order valence-corrected chi connectivity index (χ1v) is 7.52. The molecule has 7 nitrogen and oxygen atoms in total. The fourth-order valence-electron chi connectivity index (χ4n) is 1.85. The van der Waals surface area contributed by atoms with Gasteiger partial charge in [-0.3, -0.25) is 4.68 Å². The quantitative estimate of drug-likeness (QED) is 0.851. The molecule has 0 unspecified atom stereocenters. The smallest absolute Gasteiger partial charge is 0.257 e. The summed E-state index contributed by atoms with van der Waals surface area (Å²) in [5.74, 6) is 0.706. The van der Waals surface area contributed by atoms with E-state index >= 15 is 0 Å². The Labute approximate surface area is 112 Å². The molecular formula is C11H17N5O2S. The summed E-state index contributed by atoms with van der Waals surface area (Å²) >= 11 is 0. The SMILES string of the molecule is CCCc1nc(S(N)(=O)=O)cn1Cc1ccn(C)n1. The number of nitrogens with two attached hydrogens (primary N) is 1. The predicted molar refractivity (Wildman–Crippen MR) is 69.9 cm³/mol. The van der Waals surface area contributed by atoms with Crippen LogP contribution in [0.3, 0.4) is 0 Å².